The van der Waals surface area contributed by atoms with Gasteiger partial charge in [-0.1, -0.05) is 0 Å². The van der Waals surface area contributed by atoms with Crippen molar-refractivity contribution in [2.24, 2.45) is 0 Å². The van der Waals surface area contributed by atoms with Crippen molar-refractivity contribution in [2.75, 3.05) is 7.05 Å². The van der Waals surface area contributed by atoms with E-state index in [-0.39, 0.29) is 0 Å². The van der Waals surface area contributed by atoms with Crippen LogP contribution < -0.4 is 5.32 Å². The standard InChI is InChI=1S/C6H8N2OS/c1-7-2-5-3-8-6(4-9)10-5/h3-4,7H,2H2,1H3. The first-order valence-corrected chi connectivity index (χ1v) is 3.73. The fourth-order valence-corrected chi connectivity index (χ4v) is 1.38. The lowest BCUT2D eigenvalue weighted by molar-refractivity contribution is 0.112. The molecule has 0 radical (unpaired) electrons. The van der Waals surface area contributed by atoms with Crippen LogP contribution in [0.4, 0.5) is 0 Å². The Kier molecular flexibility index (Phi) is 2.53. The van der Waals surface area contributed by atoms with Gasteiger partial charge in [0.25, 0.3) is 0 Å². The Morgan fingerprint density at radius 3 is 3.20 bits per heavy atom. The minimum Gasteiger partial charge on any atom is -0.315 e. The molecule has 0 saturated carbocycles. The number of aldehydes is 1. The Hall–Kier alpha value is -0.740. The maximum absolute atomic E-state index is 10.2. The first-order valence-electron chi connectivity index (χ1n) is 2.91. The molecule has 0 aromatic carbocycles. The number of carbonyl (C=O) groups is 1. The van der Waals surface area contributed by atoms with E-state index in [4.69, 9.17) is 0 Å². The molecule has 0 unspecified atom stereocenters. The first kappa shape index (κ1) is 7.37. The van der Waals surface area contributed by atoms with Gasteiger partial charge in [0.2, 0.25) is 0 Å². The van der Waals surface area contributed by atoms with Crippen molar-refractivity contribution < 1.29 is 4.79 Å². The maximum Gasteiger partial charge on any atom is 0.178 e. The van der Waals surface area contributed by atoms with Crippen molar-refractivity contribution in [3.05, 3.63) is 16.1 Å². The molecule has 0 aliphatic rings. The van der Waals surface area contributed by atoms with Gasteiger partial charge in [-0.3, -0.25) is 4.79 Å². The van der Waals surface area contributed by atoms with Crippen LogP contribution in [0.3, 0.4) is 0 Å². The number of rotatable bonds is 3. The largest absolute Gasteiger partial charge is 0.315 e. The average molecular weight is 156 g/mol. The number of thiazole rings is 1. The van der Waals surface area contributed by atoms with Crippen LogP contribution in [0.5, 0.6) is 0 Å². The van der Waals surface area contributed by atoms with Crippen molar-refractivity contribution >= 4 is 17.6 Å². The zero-order chi connectivity index (χ0) is 7.40. The van der Waals surface area contributed by atoms with E-state index in [2.05, 4.69) is 10.3 Å². The van der Waals surface area contributed by atoms with E-state index in [0.29, 0.717) is 5.01 Å². The van der Waals surface area contributed by atoms with Gasteiger partial charge in [0, 0.05) is 17.6 Å². The van der Waals surface area contributed by atoms with Crippen molar-refractivity contribution in [2.45, 2.75) is 6.54 Å². The Morgan fingerprint density at radius 1 is 1.90 bits per heavy atom. The molecular weight excluding hydrogens is 148 g/mol. The molecule has 0 spiro atoms. The summed E-state index contributed by atoms with van der Waals surface area (Å²) in [5.74, 6) is 0. The van der Waals surface area contributed by atoms with Crippen molar-refractivity contribution in [1.29, 1.82) is 0 Å². The fraction of sp³-hybridized carbons (Fsp3) is 0.333. The Balaban J connectivity index is 2.68. The second-order valence-electron chi connectivity index (χ2n) is 1.81. The summed E-state index contributed by atoms with van der Waals surface area (Å²) in [5, 5.41) is 3.52. The van der Waals surface area contributed by atoms with Gasteiger partial charge >= 0.3 is 0 Å². The lowest BCUT2D eigenvalue weighted by Crippen LogP contribution is -2.02. The smallest absolute Gasteiger partial charge is 0.178 e. The molecule has 0 aliphatic carbocycles. The first-order chi connectivity index (χ1) is 4.86. The predicted molar refractivity (Wildman–Crippen MR) is 40.3 cm³/mol. The summed E-state index contributed by atoms with van der Waals surface area (Å²) in [6, 6.07) is 0. The summed E-state index contributed by atoms with van der Waals surface area (Å²) in [7, 11) is 1.86. The van der Waals surface area contributed by atoms with Crippen molar-refractivity contribution in [3.8, 4) is 0 Å². The molecule has 1 aromatic heterocycles. The molecule has 3 nitrogen and oxygen atoms in total. The van der Waals surface area contributed by atoms with Gasteiger partial charge in [-0.25, -0.2) is 4.98 Å². The fourth-order valence-electron chi connectivity index (χ4n) is 0.633. The minimum absolute atomic E-state index is 0.547. The van der Waals surface area contributed by atoms with E-state index >= 15 is 0 Å². The van der Waals surface area contributed by atoms with Crippen molar-refractivity contribution in [3.63, 3.8) is 0 Å². The molecule has 1 N–H and O–H groups in total. The molecule has 1 rings (SSSR count). The number of hydrogen-bond donors (Lipinski definition) is 1. The van der Waals surface area contributed by atoms with Crippen LogP contribution in [0.15, 0.2) is 6.20 Å². The zero-order valence-electron chi connectivity index (χ0n) is 5.63. The third-order valence-electron chi connectivity index (χ3n) is 1.02. The Morgan fingerprint density at radius 2 is 2.70 bits per heavy atom. The zero-order valence-corrected chi connectivity index (χ0v) is 6.44. The van der Waals surface area contributed by atoms with E-state index < -0.39 is 0 Å². The molecule has 0 fully saturated rings. The van der Waals surface area contributed by atoms with Gasteiger partial charge in [0.1, 0.15) is 0 Å². The van der Waals surface area contributed by atoms with Crippen LogP contribution in [0.1, 0.15) is 14.7 Å². The van der Waals surface area contributed by atoms with Gasteiger partial charge in [-0.05, 0) is 7.05 Å². The van der Waals surface area contributed by atoms with Crippen LogP contribution in [0.25, 0.3) is 0 Å². The molecule has 0 bridgehead atoms. The van der Waals surface area contributed by atoms with E-state index in [1.165, 1.54) is 11.3 Å². The molecule has 0 aliphatic heterocycles. The van der Waals surface area contributed by atoms with E-state index in [9.17, 15) is 4.79 Å². The molecule has 54 valence electrons. The highest BCUT2D eigenvalue weighted by Crippen LogP contribution is 2.09. The van der Waals surface area contributed by atoms with Gasteiger partial charge in [0.15, 0.2) is 11.3 Å². The SMILES string of the molecule is CNCc1cnc(C=O)s1. The lowest BCUT2D eigenvalue weighted by atomic mass is 10.5. The highest BCUT2D eigenvalue weighted by Gasteiger charge is 1.97. The monoisotopic (exact) mass is 156 g/mol. The molecule has 4 heteroatoms. The number of nitrogens with one attached hydrogen (secondary N) is 1. The summed E-state index contributed by atoms with van der Waals surface area (Å²) >= 11 is 1.42. The summed E-state index contributed by atoms with van der Waals surface area (Å²) in [4.78, 5) is 15.1. The highest BCUT2D eigenvalue weighted by atomic mass is 32.1. The molecule has 0 saturated heterocycles. The molecule has 1 aromatic rings. The molecule has 0 amide bonds. The number of hydrogen-bond acceptors (Lipinski definition) is 4. The Bertz CT molecular complexity index is 221. The van der Waals surface area contributed by atoms with E-state index in [1.807, 2.05) is 7.05 Å². The van der Waals surface area contributed by atoms with E-state index in [0.717, 1.165) is 17.7 Å². The number of aromatic nitrogens is 1. The number of nitrogens with zero attached hydrogens (tertiary/aromatic N) is 1. The molecule has 1 heterocycles. The second-order valence-corrected chi connectivity index (χ2v) is 2.96. The van der Waals surface area contributed by atoms with Crippen LogP contribution in [0.2, 0.25) is 0 Å². The summed E-state index contributed by atoms with van der Waals surface area (Å²) < 4.78 is 0. The Labute approximate surface area is 63.1 Å². The molecular formula is C6H8N2OS. The van der Waals surface area contributed by atoms with Gasteiger partial charge in [-0.2, -0.15) is 0 Å². The molecule has 0 atom stereocenters. The highest BCUT2D eigenvalue weighted by molar-refractivity contribution is 7.13. The van der Waals surface area contributed by atoms with Gasteiger partial charge in [0.05, 0.1) is 0 Å². The molecule has 10 heavy (non-hydrogen) atoms. The second kappa shape index (κ2) is 3.43. The summed E-state index contributed by atoms with van der Waals surface area (Å²) in [5.41, 5.74) is 0. The van der Waals surface area contributed by atoms with Crippen molar-refractivity contribution in [1.82, 2.24) is 10.3 Å². The summed E-state index contributed by atoms with van der Waals surface area (Å²) in [6.07, 6.45) is 2.48. The predicted octanol–water partition coefficient (Wildman–Crippen LogP) is 0.675. The van der Waals surface area contributed by atoms with Crippen LogP contribution in [-0.4, -0.2) is 18.3 Å². The third kappa shape index (κ3) is 1.62. The quantitative estimate of drug-likeness (QED) is 0.654. The van der Waals surface area contributed by atoms with Crippen LogP contribution in [0, 0.1) is 0 Å². The van der Waals surface area contributed by atoms with Gasteiger partial charge in [-0.15, -0.1) is 11.3 Å². The van der Waals surface area contributed by atoms with Crippen LogP contribution >= 0.6 is 11.3 Å². The topological polar surface area (TPSA) is 42.0 Å². The normalized spacial score (nSPS) is 9.70. The lowest BCUT2D eigenvalue weighted by Gasteiger charge is -1.88. The third-order valence-corrected chi connectivity index (χ3v) is 1.95. The van der Waals surface area contributed by atoms with Crippen LogP contribution in [-0.2, 0) is 6.54 Å². The summed E-state index contributed by atoms with van der Waals surface area (Å²) in [6.45, 7) is 0.783. The number of carbonyl (C=O) groups excluding carboxylic acids is 1. The van der Waals surface area contributed by atoms with Gasteiger partial charge < -0.3 is 5.32 Å². The average Bonchev–Trinajstić information content (AvgIpc) is 2.37. The van der Waals surface area contributed by atoms with E-state index in [1.54, 1.807) is 6.20 Å². The maximum atomic E-state index is 10.2. The minimum atomic E-state index is 0.547.